The molecule has 4 unspecified atom stereocenters. The van der Waals surface area contributed by atoms with Crippen LogP contribution in [0.15, 0.2) is 77.6 Å². The van der Waals surface area contributed by atoms with Crippen molar-refractivity contribution in [3.05, 3.63) is 99.6 Å². The molecule has 0 saturated carbocycles. The van der Waals surface area contributed by atoms with E-state index in [0.29, 0.717) is 27.4 Å². The van der Waals surface area contributed by atoms with Crippen LogP contribution in [0.1, 0.15) is 24.2 Å². The normalized spacial score (nSPS) is 27.7. The second kappa shape index (κ2) is 7.15. The van der Waals surface area contributed by atoms with Gasteiger partial charge in [0.05, 0.1) is 39.1 Å². The third-order valence-corrected chi connectivity index (χ3v) is 9.05. The van der Waals surface area contributed by atoms with E-state index in [0.717, 1.165) is 30.6 Å². The number of anilines is 1. The molecule has 1 spiro atoms. The molecule has 0 radical (unpaired) electrons. The maximum atomic E-state index is 14.4. The molecule has 3 saturated heterocycles. The first-order valence-corrected chi connectivity index (χ1v) is 12.9. The Labute approximate surface area is 216 Å². The summed E-state index contributed by atoms with van der Waals surface area (Å²) in [5, 5.41) is 0.881. The Balaban J connectivity index is 1.46. The number of benzene rings is 3. The highest BCUT2D eigenvalue weighted by atomic mass is 35.5. The summed E-state index contributed by atoms with van der Waals surface area (Å²) in [5.74, 6) is -1.25. The molecule has 4 aromatic rings. The van der Waals surface area contributed by atoms with Crippen LogP contribution in [0.2, 0.25) is 5.02 Å². The molecular weight excluding hydrogens is 488 g/mol. The number of imide groups is 1. The number of rotatable bonds is 1. The second-order valence-electron chi connectivity index (χ2n) is 10.2. The Morgan fingerprint density at radius 3 is 2.43 bits per heavy atom. The fourth-order valence-electron chi connectivity index (χ4n) is 7.48. The van der Waals surface area contributed by atoms with Gasteiger partial charge < -0.3 is 0 Å². The molecule has 3 aromatic carbocycles. The van der Waals surface area contributed by atoms with Gasteiger partial charge in [0, 0.05) is 11.6 Å². The van der Waals surface area contributed by atoms with Gasteiger partial charge in [0.15, 0.2) is 0 Å². The van der Waals surface area contributed by atoms with Gasteiger partial charge in [0.25, 0.3) is 5.56 Å². The number of aromatic nitrogens is 2. The number of carbonyl (C=O) groups is 2. The van der Waals surface area contributed by atoms with Crippen molar-refractivity contribution in [2.75, 3.05) is 11.4 Å². The molecule has 4 atom stereocenters. The van der Waals surface area contributed by atoms with E-state index in [1.54, 1.807) is 34.9 Å². The highest BCUT2D eigenvalue weighted by Crippen LogP contribution is 2.62. The maximum Gasteiger partial charge on any atom is 0.266 e. The van der Waals surface area contributed by atoms with Crippen molar-refractivity contribution in [2.45, 2.75) is 24.4 Å². The van der Waals surface area contributed by atoms with Crippen LogP contribution in [0.3, 0.4) is 0 Å². The van der Waals surface area contributed by atoms with Crippen LogP contribution in [0.4, 0.5) is 5.69 Å². The minimum Gasteiger partial charge on any atom is -0.283 e. The predicted molar refractivity (Wildman–Crippen MR) is 139 cm³/mol. The van der Waals surface area contributed by atoms with E-state index < -0.39 is 17.4 Å². The zero-order chi connectivity index (χ0) is 25.1. The van der Waals surface area contributed by atoms with Crippen LogP contribution in [0.25, 0.3) is 16.6 Å². The fourth-order valence-corrected chi connectivity index (χ4v) is 7.70. The predicted octanol–water partition coefficient (Wildman–Crippen LogP) is 3.88. The van der Waals surface area contributed by atoms with Gasteiger partial charge in [-0.1, -0.05) is 54.1 Å². The molecule has 8 rings (SSSR count). The van der Waals surface area contributed by atoms with Gasteiger partial charge in [-0.05, 0) is 49.7 Å². The van der Waals surface area contributed by atoms with E-state index in [1.165, 1.54) is 4.90 Å². The summed E-state index contributed by atoms with van der Waals surface area (Å²) in [7, 11) is 0. The van der Waals surface area contributed by atoms with Crippen molar-refractivity contribution < 1.29 is 9.59 Å². The standard InChI is InChI=1S/C29H21ClN4O3/c30-18-10-3-6-13-21(18)33-26(36)23-22-14-7-15-32(22)29(24(23)27(33)37)17-9-2-5-12-20(17)34-25(35)16-8-1-4-11-19(16)31-28(29)34/h1-6,8-13,22-24H,7,14-15H2. The molecule has 182 valence electrons. The number of halogens is 1. The van der Waals surface area contributed by atoms with Gasteiger partial charge >= 0.3 is 0 Å². The molecule has 0 aliphatic carbocycles. The first kappa shape index (κ1) is 21.3. The molecule has 0 bridgehead atoms. The van der Waals surface area contributed by atoms with Crippen molar-refractivity contribution >= 4 is 40.0 Å². The van der Waals surface area contributed by atoms with E-state index in [1.807, 2.05) is 42.5 Å². The van der Waals surface area contributed by atoms with E-state index in [-0.39, 0.29) is 23.4 Å². The molecule has 7 nitrogen and oxygen atoms in total. The topological polar surface area (TPSA) is 75.5 Å². The third kappa shape index (κ3) is 2.37. The highest BCUT2D eigenvalue weighted by molar-refractivity contribution is 6.36. The first-order chi connectivity index (χ1) is 18.0. The lowest BCUT2D eigenvalue weighted by atomic mass is 9.75. The number of fused-ring (bicyclic) bond motifs is 11. The number of hydrogen-bond acceptors (Lipinski definition) is 5. The Bertz CT molecular complexity index is 1750. The third-order valence-electron chi connectivity index (χ3n) is 8.73. The van der Waals surface area contributed by atoms with E-state index in [2.05, 4.69) is 4.90 Å². The summed E-state index contributed by atoms with van der Waals surface area (Å²) >= 11 is 6.49. The van der Waals surface area contributed by atoms with Crippen LogP contribution in [0.5, 0.6) is 0 Å². The monoisotopic (exact) mass is 508 g/mol. The lowest BCUT2D eigenvalue weighted by molar-refractivity contribution is -0.124. The molecule has 2 amide bonds. The highest BCUT2D eigenvalue weighted by Gasteiger charge is 2.73. The van der Waals surface area contributed by atoms with Crippen molar-refractivity contribution in [3.63, 3.8) is 0 Å². The minimum atomic E-state index is -1.02. The molecule has 4 aliphatic heterocycles. The van der Waals surface area contributed by atoms with Gasteiger partial charge in [-0.3, -0.25) is 23.9 Å². The average molecular weight is 509 g/mol. The molecule has 5 heterocycles. The quantitative estimate of drug-likeness (QED) is 0.365. The lowest BCUT2D eigenvalue weighted by Crippen LogP contribution is -2.51. The number of amides is 2. The van der Waals surface area contributed by atoms with Gasteiger partial charge in [0.2, 0.25) is 11.8 Å². The molecule has 1 aromatic heterocycles. The lowest BCUT2D eigenvalue weighted by Gasteiger charge is -2.38. The van der Waals surface area contributed by atoms with E-state index in [4.69, 9.17) is 16.6 Å². The van der Waals surface area contributed by atoms with Crippen LogP contribution in [-0.2, 0) is 15.1 Å². The van der Waals surface area contributed by atoms with Crippen LogP contribution in [0, 0.1) is 11.8 Å². The van der Waals surface area contributed by atoms with Gasteiger partial charge in [-0.2, -0.15) is 0 Å². The summed E-state index contributed by atoms with van der Waals surface area (Å²) in [6.45, 7) is 0.724. The SMILES string of the molecule is O=C1C2C3CCCN3C3(c4ccccc4-n4c3nc3ccccc3c4=O)C2C(=O)N1c1ccccc1Cl. The maximum absolute atomic E-state index is 14.4. The van der Waals surface area contributed by atoms with Crippen molar-refractivity contribution in [3.8, 4) is 5.69 Å². The van der Waals surface area contributed by atoms with Crippen molar-refractivity contribution in [1.29, 1.82) is 0 Å². The van der Waals surface area contributed by atoms with Gasteiger partial charge in [-0.15, -0.1) is 0 Å². The van der Waals surface area contributed by atoms with Crippen LogP contribution in [-0.4, -0.2) is 38.9 Å². The Hall–Kier alpha value is -3.81. The van der Waals surface area contributed by atoms with E-state index >= 15 is 0 Å². The summed E-state index contributed by atoms with van der Waals surface area (Å²) in [4.78, 5) is 51.0. The van der Waals surface area contributed by atoms with Crippen LogP contribution >= 0.6 is 11.6 Å². The molecular formula is C29H21ClN4O3. The smallest absolute Gasteiger partial charge is 0.266 e. The summed E-state index contributed by atoms with van der Waals surface area (Å²) in [6.07, 6.45) is 1.71. The number of para-hydroxylation sites is 3. The van der Waals surface area contributed by atoms with Gasteiger partial charge in [-0.25, -0.2) is 9.88 Å². The van der Waals surface area contributed by atoms with Crippen molar-refractivity contribution in [2.24, 2.45) is 11.8 Å². The average Bonchev–Trinajstić information content (AvgIpc) is 3.62. The minimum absolute atomic E-state index is 0.128. The van der Waals surface area contributed by atoms with E-state index in [9.17, 15) is 14.4 Å². The summed E-state index contributed by atoms with van der Waals surface area (Å²) in [5.41, 5.74) is 1.39. The number of hydrogen-bond donors (Lipinski definition) is 0. The zero-order valence-corrected chi connectivity index (χ0v) is 20.4. The Kier molecular flexibility index (Phi) is 4.11. The Morgan fingerprint density at radius 2 is 1.59 bits per heavy atom. The zero-order valence-electron chi connectivity index (χ0n) is 19.7. The Morgan fingerprint density at radius 1 is 0.865 bits per heavy atom. The first-order valence-electron chi connectivity index (χ1n) is 12.6. The summed E-state index contributed by atoms with van der Waals surface area (Å²) in [6, 6.07) is 21.9. The molecule has 8 heteroatoms. The van der Waals surface area contributed by atoms with Gasteiger partial charge in [0.1, 0.15) is 11.4 Å². The largest absolute Gasteiger partial charge is 0.283 e. The second-order valence-corrected chi connectivity index (χ2v) is 10.7. The summed E-state index contributed by atoms with van der Waals surface area (Å²) < 4.78 is 1.67. The molecule has 0 N–H and O–H groups in total. The number of carbonyl (C=O) groups excluding carboxylic acids is 2. The van der Waals surface area contributed by atoms with Crippen LogP contribution < -0.4 is 10.5 Å². The fraction of sp³-hybridized carbons (Fsp3) is 0.241. The molecule has 37 heavy (non-hydrogen) atoms. The molecule has 3 fully saturated rings. The molecule has 4 aliphatic rings. The number of nitrogens with zero attached hydrogens (tertiary/aromatic N) is 4. The van der Waals surface area contributed by atoms with Crippen molar-refractivity contribution in [1.82, 2.24) is 14.5 Å².